The summed E-state index contributed by atoms with van der Waals surface area (Å²) in [5.74, 6) is -4.08. The van der Waals surface area contributed by atoms with Gasteiger partial charge < -0.3 is 23.8 Å². The van der Waals surface area contributed by atoms with Gasteiger partial charge in [0.25, 0.3) is 0 Å². The first-order valence-corrected chi connectivity index (χ1v) is 19.9. The number of pyridine rings is 1. The number of ether oxygens (including phenoxy) is 4. The molecule has 0 radical (unpaired) electrons. The molecule has 1 amide bonds. The lowest BCUT2D eigenvalue weighted by Crippen LogP contribution is -2.49. The van der Waals surface area contributed by atoms with E-state index in [1.165, 1.54) is 23.9 Å². The Morgan fingerprint density at radius 1 is 1.02 bits per heavy atom. The number of alkyl halides is 3. The lowest BCUT2D eigenvalue weighted by atomic mass is 9.82. The van der Waals surface area contributed by atoms with E-state index in [1.807, 2.05) is 0 Å². The number of carbonyl (C=O) groups is 2. The highest BCUT2D eigenvalue weighted by Gasteiger charge is 2.38. The van der Waals surface area contributed by atoms with E-state index in [0.29, 0.717) is 24.5 Å². The Labute approximate surface area is 290 Å². The predicted octanol–water partition coefficient (Wildman–Crippen LogP) is 6.13. The van der Waals surface area contributed by atoms with E-state index in [9.17, 15) is 22.8 Å². The smallest absolute Gasteiger partial charge is 0.421 e. The van der Waals surface area contributed by atoms with Crippen molar-refractivity contribution in [2.75, 3.05) is 39.4 Å². The van der Waals surface area contributed by atoms with Crippen molar-refractivity contribution in [1.82, 2.24) is 20.0 Å². The van der Waals surface area contributed by atoms with Crippen LogP contribution >= 0.6 is 0 Å². The summed E-state index contributed by atoms with van der Waals surface area (Å²) in [6.45, 7) is 10.1. The van der Waals surface area contributed by atoms with E-state index in [2.05, 4.69) is 41.7 Å². The van der Waals surface area contributed by atoms with Crippen LogP contribution in [-0.2, 0) is 31.7 Å². The van der Waals surface area contributed by atoms with Crippen molar-refractivity contribution in [3.63, 3.8) is 0 Å². The Kier molecular flexibility index (Phi) is 12.4. The van der Waals surface area contributed by atoms with Crippen molar-refractivity contribution in [1.29, 1.82) is 0 Å². The van der Waals surface area contributed by atoms with Crippen LogP contribution in [0.15, 0.2) is 24.4 Å². The zero-order chi connectivity index (χ0) is 37.0. The van der Waals surface area contributed by atoms with Gasteiger partial charge in [0.15, 0.2) is 11.6 Å². The van der Waals surface area contributed by atoms with Crippen molar-refractivity contribution in [2.24, 2.45) is 11.8 Å². The number of aromatic nitrogens is 4. The molecule has 1 saturated carbocycles. The second-order valence-corrected chi connectivity index (χ2v) is 18.7. The zero-order valence-corrected chi connectivity index (χ0v) is 30.7. The fourth-order valence-corrected chi connectivity index (χ4v) is 7.75. The normalized spacial score (nSPS) is 16.8. The number of nitrogens with zero attached hydrogens (tertiary/aromatic N) is 5. The molecule has 0 aliphatic heterocycles. The quantitative estimate of drug-likeness (QED) is 0.117. The summed E-state index contributed by atoms with van der Waals surface area (Å²) >= 11 is 0. The van der Waals surface area contributed by atoms with Gasteiger partial charge in [0.2, 0.25) is 11.8 Å². The second kappa shape index (κ2) is 16.0. The highest BCUT2D eigenvalue weighted by molar-refractivity contribution is 6.88. The average molecular weight is 724 g/mol. The number of carbonyl (C=O) groups excluding carboxylic acids is 2. The third-order valence-electron chi connectivity index (χ3n) is 8.68. The van der Waals surface area contributed by atoms with E-state index in [0.717, 1.165) is 49.7 Å². The first kappa shape index (κ1) is 38.9. The first-order chi connectivity index (χ1) is 23.5. The minimum absolute atomic E-state index is 0.0124. The molecule has 4 rings (SSSR count). The SMILES string of the molecule is COCC(COC)N(C(=O)C1CCC(C)CC1)c1cc(F)c(Oc2ncc(Cn3nc(C)c([Si](C)(C)C)n3)cc2C(F)(F)F)cc1C(=O)OC. The van der Waals surface area contributed by atoms with Crippen molar-refractivity contribution >= 4 is 31.0 Å². The van der Waals surface area contributed by atoms with Crippen molar-refractivity contribution in [2.45, 2.75) is 77.9 Å². The molecular weight excluding hydrogens is 678 g/mol. The van der Waals surface area contributed by atoms with Gasteiger partial charge in [-0.15, -0.1) is 0 Å². The van der Waals surface area contributed by atoms with Gasteiger partial charge in [-0.05, 0) is 50.2 Å². The average Bonchev–Trinajstić information content (AvgIpc) is 3.42. The number of hydrogen-bond donors (Lipinski definition) is 0. The van der Waals surface area contributed by atoms with Crippen LogP contribution in [0.3, 0.4) is 0 Å². The third-order valence-corrected chi connectivity index (χ3v) is 10.6. The maximum absolute atomic E-state index is 16.0. The van der Waals surface area contributed by atoms with Crippen LogP contribution in [-0.4, -0.2) is 80.5 Å². The van der Waals surface area contributed by atoms with Gasteiger partial charge in [0.05, 0.1) is 55.2 Å². The van der Waals surface area contributed by atoms with E-state index in [-0.39, 0.29) is 42.5 Å². The summed E-state index contributed by atoms with van der Waals surface area (Å²) in [5.41, 5.74) is -0.874. The molecule has 50 heavy (non-hydrogen) atoms. The van der Waals surface area contributed by atoms with Gasteiger partial charge in [-0.3, -0.25) is 4.79 Å². The number of esters is 1. The fraction of sp³-hybridized carbons (Fsp3) is 0.559. The molecular formula is C34H45F4N5O6Si. The molecule has 0 spiro atoms. The van der Waals surface area contributed by atoms with Crippen molar-refractivity contribution in [3.8, 4) is 11.6 Å². The van der Waals surface area contributed by atoms with Crippen LogP contribution in [0.2, 0.25) is 19.6 Å². The summed E-state index contributed by atoms with van der Waals surface area (Å²) in [5, 5.41) is 9.70. The molecule has 11 nitrogen and oxygen atoms in total. The van der Waals surface area contributed by atoms with Crippen LogP contribution in [0, 0.1) is 24.6 Å². The Morgan fingerprint density at radius 2 is 1.66 bits per heavy atom. The van der Waals surface area contributed by atoms with Crippen LogP contribution in [0.1, 0.15) is 59.8 Å². The summed E-state index contributed by atoms with van der Waals surface area (Å²) in [6.07, 6.45) is -0.948. The Hall–Kier alpha value is -3.89. The van der Waals surface area contributed by atoms with Crippen LogP contribution in [0.5, 0.6) is 11.6 Å². The Morgan fingerprint density at radius 3 is 2.20 bits per heavy atom. The van der Waals surface area contributed by atoms with Gasteiger partial charge >= 0.3 is 12.1 Å². The van der Waals surface area contributed by atoms with Gasteiger partial charge in [0, 0.05) is 38.5 Å². The lowest BCUT2D eigenvalue weighted by Gasteiger charge is -2.36. The number of methoxy groups -OCH3 is 3. The second-order valence-electron chi connectivity index (χ2n) is 13.7. The molecule has 1 aliphatic carbocycles. The van der Waals surface area contributed by atoms with E-state index in [4.69, 9.17) is 18.9 Å². The molecule has 0 unspecified atom stereocenters. The first-order valence-electron chi connectivity index (χ1n) is 16.4. The summed E-state index contributed by atoms with van der Waals surface area (Å²) < 4.78 is 80.2. The molecule has 1 aromatic carbocycles. The Bertz CT molecular complexity index is 1660. The number of hydrogen-bond acceptors (Lipinski definition) is 9. The molecule has 2 heterocycles. The number of benzene rings is 1. The largest absolute Gasteiger partial charge is 0.465 e. The number of amides is 1. The van der Waals surface area contributed by atoms with Gasteiger partial charge in [0.1, 0.15) is 13.6 Å². The summed E-state index contributed by atoms with van der Waals surface area (Å²) in [7, 11) is 2.11. The molecule has 16 heteroatoms. The van der Waals surface area contributed by atoms with E-state index in [1.54, 1.807) is 6.92 Å². The van der Waals surface area contributed by atoms with E-state index >= 15 is 4.39 Å². The number of aryl methyl sites for hydroxylation is 1. The van der Waals surface area contributed by atoms with Crippen LogP contribution in [0.25, 0.3) is 0 Å². The molecule has 0 bridgehead atoms. The maximum Gasteiger partial charge on any atom is 0.421 e. The molecule has 0 atom stereocenters. The molecule has 2 aromatic heterocycles. The number of halogens is 4. The molecule has 1 aliphatic rings. The highest BCUT2D eigenvalue weighted by Crippen LogP contribution is 2.40. The topological polar surface area (TPSA) is 118 Å². The number of rotatable bonds is 13. The van der Waals surface area contributed by atoms with Gasteiger partial charge in [-0.1, -0.05) is 26.6 Å². The Balaban J connectivity index is 1.76. The van der Waals surface area contributed by atoms with Gasteiger partial charge in [-0.25, -0.2) is 14.2 Å². The predicted molar refractivity (Wildman–Crippen MR) is 180 cm³/mol. The van der Waals surface area contributed by atoms with Crippen molar-refractivity contribution in [3.05, 3.63) is 52.6 Å². The standard InChI is InChI=1S/C34H45F4N5O6Si/c1-20-9-11-23(12-10-20)32(44)43(24(18-46-3)19-47-4)28-15-27(35)29(14-25(28)33(45)48-5)49-30-26(34(36,37)38)13-22(16-39-30)17-42-40-21(2)31(41-42)50(6,7)8/h13-16,20,23-24H,9-12,17-19H2,1-8H3. The van der Waals surface area contributed by atoms with E-state index < -0.39 is 55.2 Å². The minimum atomic E-state index is -4.94. The fourth-order valence-electron chi connectivity index (χ4n) is 6.20. The van der Waals surface area contributed by atoms with Gasteiger partial charge in [-0.2, -0.15) is 28.2 Å². The van der Waals surface area contributed by atoms with Crippen LogP contribution < -0.4 is 15.0 Å². The summed E-state index contributed by atoms with van der Waals surface area (Å²) in [4.78, 5) is 33.8. The monoisotopic (exact) mass is 723 g/mol. The zero-order valence-electron chi connectivity index (χ0n) is 29.7. The third kappa shape index (κ3) is 9.06. The maximum atomic E-state index is 16.0. The summed E-state index contributed by atoms with van der Waals surface area (Å²) in [6, 6.07) is 1.87. The molecule has 3 aromatic rings. The minimum Gasteiger partial charge on any atom is -0.465 e. The molecule has 0 saturated heterocycles. The van der Waals surface area contributed by atoms with Crippen LogP contribution in [0.4, 0.5) is 23.2 Å². The lowest BCUT2D eigenvalue weighted by molar-refractivity contribution is -0.139. The molecule has 274 valence electrons. The van der Waals surface area contributed by atoms with Crippen molar-refractivity contribution < 1.29 is 46.1 Å². The number of anilines is 1. The molecule has 0 N–H and O–H groups in total. The molecule has 1 fully saturated rings. The highest BCUT2D eigenvalue weighted by atomic mass is 28.3.